The number of nitrogens with zero attached hydrogens (tertiary/aromatic N) is 1. The lowest BCUT2D eigenvalue weighted by Gasteiger charge is -2.22. The third kappa shape index (κ3) is 4.70. The fraction of sp³-hybridized carbons (Fsp3) is 0.529. The van der Waals surface area contributed by atoms with E-state index < -0.39 is 0 Å². The van der Waals surface area contributed by atoms with Gasteiger partial charge in [-0.05, 0) is 36.0 Å². The fourth-order valence-electron chi connectivity index (χ4n) is 2.69. The van der Waals surface area contributed by atoms with Gasteiger partial charge in [-0.25, -0.2) is 4.98 Å². The van der Waals surface area contributed by atoms with Crippen molar-refractivity contribution in [2.75, 3.05) is 12.4 Å². The Balaban J connectivity index is 1.99. The van der Waals surface area contributed by atoms with Crippen LogP contribution in [-0.4, -0.2) is 18.0 Å². The van der Waals surface area contributed by atoms with Gasteiger partial charge in [-0.15, -0.1) is 0 Å². The smallest absolute Gasteiger partial charge is 0.226 e. The van der Waals surface area contributed by atoms with E-state index in [1.807, 2.05) is 18.2 Å². The van der Waals surface area contributed by atoms with Crippen molar-refractivity contribution in [3.8, 4) is 5.75 Å². The number of anilines is 1. The second kappa shape index (κ2) is 6.65. The van der Waals surface area contributed by atoms with E-state index in [1.54, 1.807) is 7.11 Å². The van der Waals surface area contributed by atoms with Crippen LogP contribution in [0.5, 0.6) is 5.75 Å². The zero-order valence-corrected chi connectivity index (χ0v) is 14.7. The van der Waals surface area contributed by atoms with Crippen LogP contribution in [0.3, 0.4) is 0 Å². The molecule has 1 aromatic heterocycles. The molecule has 0 saturated heterocycles. The minimum Gasteiger partial charge on any atom is -0.497 e. The number of thiazole rings is 1. The van der Waals surface area contributed by atoms with E-state index in [1.165, 1.54) is 11.3 Å². The maximum absolute atomic E-state index is 12.1. The summed E-state index contributed by atoms with van der Waals surface area (Å²) in [5.74, 6) is 1.19. The molecule has 1 heterocycles. The van der Waals surface area contributed by atoms with Crippen LogP contribution in [0.25, 0.3) is 10.2 Å². The van der Waals surface area contributed by atoms with Gasteiger partial charge in [0.05, 0.1) is 17.3 Å². The van der Waals surface area contributed by atoms with Gasteiger partial charge in [0.2, 0.25) is 5.91 Å². The number of ether oxygens (including phenoxy) is 1. The van der Waals surface area contributed by atoms with Crippen molar-refractivity contribution in [1.29, 1.82) is 0 Å². The quantitative estimate of drug-likeness (QED) is 0.868. The molecule has 22 heavy (non-hydrogen) atoms. The van der Waals surface area contributed by atoms with Crippen molar-refractivity contribution in [3.05, 3.63) is 18.2 Å². The Morgan fingerprint density at radius 1 is 1.41 bits per heavy atom. The molecule has 2 rings (SSSR count). The molecule has 120 valence electrons. The van der Waals surface area contributed by atoms with Crippen molar-refractivity contribution in [1.82, 2.24) is 4.98 Å². The standard InChI is InChI=1S/C17H24N2O2S/c1-11(10-17(2,3)4)8-15(20)19-16-18-13-7-6-12(21-5)9-14(13)22-16/h6-7,9,11H,8,10H2,1-5H3,(H,18,19,20). The molecule has 1 amide bonds. The summed E-state index contributed by atoms with van der Waals surface area (Å²) in [6.45, 7) is 8.71. The van der Waals surface area contributed by atoms with Gasteiger partial charge in [0.1, 0.15) is 5.75 Å². The topological polar surface area (TPSA) is 51.2 Å². The van der Waals surface area contributed by atoms with Crippen LogP contribution in [0.2, 0.25) is 0 Å². The molecule has 0 saturated carbocycles. The minimum absolute atomic E-state index is 0.0303. The van der Waals surface area contributed by atoms with Crippen LogP contribution in [0.1, 0.15) is 40.5 Å². The molecule has 0 radical (unpaired) electrons. The van der Waals surface area contributed by atoms with Gasteiger partial charge in [0.25, 0.3) is 0 Å². The highest BCUT2D eigenvalue weighted by Gasteiger charge is 2.18. The summed E-state index contributed by atoms with van der Waals surface area (Å²) < 4.78 is 6.21. The molecule has 1 unspecified atom stereocenters. The Labute approximate surface area is 135 Å². The lowest BCUT2D eigenvalue weighted by Crippen LogP contribution is -2.18. The van der Waals surface area contributed by atoms with E-state index in [-0.39, 0.29) is 11.3 Å². The number of nitrogens with one attached hydrogen (secondary N) is 1. The third-order valence-corrected chi connectivity index (χ3v) is 4.27. The first-order valence-corrected chi connectivity index (χ1v) is 8.33. The Bertz CT molecular complexity index is 658. The summed E-state index contributed by atoms with van der Waals surface area (Å²) >= 11 is 1.47. The van der Waals surface area contributed by atoms with E-state index in [9.17, 15) is 4.79 Å². The highest BCUT2D eigenvalue weighted by Crippen LogP contribution is 2.30. The van der Waals surface area contributed by atoms with E-state index in [0.29, 0.717) is 17.5 Å². The summed E-state index contributed by atoms with van der Waals surface area (Å²) in [7, 11) is 1.64. The molecular weight excluding hydrogens is 296 g/mol. The Morgan fingerprint density at radius 3 is 2.77 bits per heavy atom. The normalized spacial score (nSPS) is 13.1. The van der Waals surface area contributed by atoms with Gasteiger partial charge < -0.3 is 10.1 Å². The molecular formula is C17H24N2O2S. The zero-order valence-electron chi connectivity index (χ0n) is 13.9. The predicted octanol–water partition coefficient (Wildman–Crippen LogP) is 4.71. The van der Waals surface area contributed by atoms with E-state index in [0.717, 1.165) is 22.4 Å². The minimum atomic E-state index is 0.0303. The average molecular weight is 320 g/mol. The molecule has 1 atom stereocenters. The molecule has 0 bridgehead atoms. The number of methoxy groups -OCH3 is 1. The lowest BCUT2D eigenvalue weighted by molar-refractivity contribution is -0.117. The maximum atomic E-state index is 12.1. The molecule has 0 aliphatic carbocycles. The van der Waals surface area contributed by atoms with Crippen LogP contribution in [0.4, 0.5) is 5.13 Å². The SMILES string of the molecule is COc1ccc2nc(NC(=O)CC(C)CC(C)(C)C)sc2c1. The first-order valence-electron chi connectivity index (χ1n) is 7.51. The molecule has 1 aromatic carbocycles. The third-order valence-electron chi connectivity index (χ3n) is 3.34. The molecule has 0 fully saturated rings. The number of hydrogen-bond donors (Lipinski definition) is 1. The second-order valence-electron chi connectivity index (χ2n) is 6.97. The van der Waals surface area contributed by atoms with Crippen LogP contribution in [-0.2, 0) is 4.79 Å². The summed E-state index contributed by atoms with van der Waals surface area (Å²) in [4.78, 5) is 16.6. The first kappa shape index (κ1) is 16.7. The van der Waals surface area contributed by atoms with Crippen molar-refractivity contribution in [2.45, 2.75) is 40.5 Å². The lowest BCUT2D eigenvalue weighted by atomic mass is 9.84. The summed E-state index contributed by atoms with van der Waals surface area (Å²) in [5, 5.41) is 3.56. The van der Waals surface area contributed by atoms with Crippen molar-refractivity contribution in [3.63, 3.8) is 0 Å². The maximum Gasteiger partial charge on any atom is 0.226 e. The van der Waals surface area contributed by atoms with Gasteiger partial charge in [0, 0.05) is 6.42 Å². The Morgan fingerprint density at radius 2 is 2.14 bits per heavy atom. The predicted molar refractivity (Wildman–Crippen MR) is 92.7 cm³/mol. The summed E-state index contributed by atoms with van der Waals surface area (Å²) in [6.07, 6.45) is 1.55. The van der Waals surface area contributed by atoms with Gasteiger partial charge in [-0.1, -0.05) is 39.0 Å². The van der Waals surface area contributed by atoms with Crippen molar-refractivity contribution >= 4 is 32.6 Å². The van der Waals surface area contributed by atoms with Gasteiger partial charge in [0.15, 0.2) is 5.13 Å². The number of carbonyl (C=O) groups is 1. The van der Waals surface area contributed by atoms with E-state index in [4.69, 9.17) is 4.74 Å². The van der Waals surface area contributed by atoms with Crippen LogP contribution in [0, 0.1) is 11.3 Å². The molecule has 5 heteroatoms. The van der Waals surface area contributed by atoms with Crippen LogP contribution < -0.4 is 10.1 Å². The van der Waals surface area contributed by atoms with Gasteiger partial charge >= 0.3 is 0 Å². The highest BCUT2D eigenvalue weighted by molar-refractivity contribution is 7.22. The molecule has 0 aliphatic heterocycles. The molecule has 0 aliphatic rings. The zero-order chi connectivity index (χ0) is 16.3. The van der Waals surface area contributed by atoms with E-state index >= 15 is 0 Å². The number of rotatable bonds is 5. The summed E-state index contributed by atoms with van der Waals surface area (Å²) in [5.41, 5.74) is 1.12. The van der Waals surface area contributed by atoms with Crippen LogP contribution in [0.15, 0.2) is 18.2 Å². The Hall–Kier alpha value is -1.62. The molecule has 0 spiro atoms. The largest absolute Gasteiger partial charge is 0.497 e. The number of hydrogen-bond acceptors (Lipinski definition) is 4. The number of benzene rings is 1. The number of fused-ring (bicyclic) bond motifs is 1. The monoisotopic (exact) mass is 320 g/mol. The average Bonchev–Trinajstić information content (AvgIpc) is 2.76. The molecule has 1 N–H and O–H groups in total. The molecule has 4 nitrogen and oxygen atoms in total. The first-order chi connectivity index (χ1) is 10.3. The van der Waals surface area contributed by atoms with Crippen LogP contribution >= 0.6 is 11.3 Å². The van der Waals surface area contributed by atoms with Crippen molar-refractivity contribution < 1.29 is 9.53 Å². The molecule has 2 aromatic rings. The van der Waals surface area contributed by atoms with E-state index in [2.05, 4.69) is 38.0 Å². The van der Waals surface area contributed by atoms with Gasteiger partial charge in [-0.2, -0.15) is 0 Å². The number of carbonyl (C=O) groups excluding carboxylic acids is 1. The van der Waals surface area contributed by atoms with Crippen molar-refractivity contribution in [2.24, 2.45) is 11.3 Å². The summed E-state index contributed by atoms with van der Waals surface area (Å²) in [6, 6.07) is 5.71. The number of amides is 1. The second-order valence-corrected chi connectivity index (χ2v) is 8.01. The Kier molecular flexibility index (Phi) is 5.06. The number of aromatic nitrogens is 1. The highest BCUT2D eigenvalue weighted by atomic mass is 32.1. The van der Waals surface area contributed by atoms with Gasteiger partial charge in [-0.3, -0.25) is 4.79 Å². The fourth-order valence-corrected chi connectivity index (χ4v) is 3.60.